The molecule has 0 saturated carbocycles. The molecule has 0 radical (unpaired) electrons. The second kappa shape index (κ2) is 2.73. The quantitative estimate of drug-likeness (QED) is 0.643. The molecule has 0 fully saturated rings. The first-order valence-corrected chi connectivity index (χ1v) is 3.95. The fraction of sp³-hybridized carbons (Fsp3) is 0.143. The summed E-state index contributed by atoms with van der Waals surface area (Å²) in [5.74, 6) is 0. The Labute approximate surface area is 77.6 Å². The summed E-state index contributed by atoms with van der Waals surface area (Å²) in [5.41, 5.74) is 0.00852. The summed E-state index contributed by atoms with van der Waals surface area (Å²) >= 11 is 0. The third-order valence-electron chi connectivity index (χ3n) is 1.95. The maximum atomic E-state index is 12.3. The Hall–Kier alpha value is -1.53. The SMILES string of the molecule is Cn1cnc2cc([B-](F)(F)F)cnc21. The monoisotopic (exact) mass is 200 g/mol. The molecule has 2 aromatic heterocycles. The van der Waals surface area contributed by atoms with Crippen molar-refractivity contribution in [2.45, 2.75) is 0 Å². The Bertz CT molecular complexity index is 476. The first kappa shape index (κ1) is 9.05. The van der Waals surface area contributed by atoms with Crippen molar-refractivity contribution in [3.63, 3.8) is 0 Å². The molecule has 3 nitrogen and oxygen atoms in total. The summed E-state index contributed by atoms with van der Waals surface area (Å²) in [6.45, 7) is -4.99. The summed E-state index contributed by atoms with van der Waals surface area (Å²) < 4.78 is 38.5. The molecular weight excluding hydrogens is 194 g/mol. The molecule has 2 heterocycles. The summed E-state index contributed by atoms with van der Waals surface area (Å²) in [6, 6.07) is 1.02. The molecule has 0 aliphatic rings. The van der Waals surface area contributed by atoms with Crippen LogP contribution in [-0.4, -0.2) is 21.5 Å². The molecule has 0 amide bonds. The fourth-order valence-corrected chi connectivity index (χ4v) is 1.21. The van der Waals surface area contributed by atoms with Gasteiger partial charge >= 0.3 is 6.98 Å². The zero-order valence-corrected chi connectivity index (χ0v) is 7.28. The molecule has 0 N–H and O–H groups in total. The van der Waals surface area contributed by atoms with Gasteiger partial charge < -0.3 is 17.5 Å². The van der Waals surface area contributed by atoms with Crippen molar-refractivity contribution in [3.05, 3.63) is 18.6 Å². The van der Waals surface area contributed by atoms with Crippen LogP contribution >= 0.6 is 0 Å². The number of aromatic nitrogens is 3. The summed E-state index contributed by atoms with van der Waals surface area (Å²) in [6.07, 6.45) is 2.27. The predicted molar refractivity (Wildman–Crippen MR) is 47.2 cm³/mol. The van der Waals surface area contributed by atoms with E-state index in [0.29, 0.717) is 5.65 Å². The highest BCUT2D eigenvalue weighted by Crippen LogP contribution is 2.12. The number of hydrogen-bond acceptors (Lipinski definition) is 2. The van der Waals surface area contributed by atoms with E-state index in [4.69, 9.17) is 0 Å². The molecule has 2 aromatic rings. The number of rotatable bonds is 1. The van der Waals surface area contributed by atoms with Gasteiger partial charge in [0, 0.05) is 13.2 Å². The average Bonchev–Trinajstić information content (AvgIpc) is 2.46. The molecule has 0 atom stereocenters. The van der Waals surface area contributed by atoms with Crippen LogP contribution in [0.1, 0.15) is 0 Å². The molecule has 0 bridgehead atoms. The lowest BCUT2D eigenvalue weighted by Gasteiger charge is -2.13. The van der Waals surface area contributed by atoms with Crippen LogP contribution in [0.15, 0.2) is 18.6 Å². The molecule has 7 heteroatoms. The fourth-order valence-electron chi connectivity index (χ4n) is 1.21. The second-order valence-corrected chi connectivity index (χ2v) is 3.04. The van der Waals surface area contributed by atoms with Crippen LogP contribution in [0.3, 0.4) is 0 Å². The lowest BCUT2D eigenvalue weighted by Crippen LogP contribution is -2.34. The summed E-state index contributed by atoms with van der Waals surface area (Å²) in [7, 11) is 1.68. The third-order valence-corrected chi connectivity index (χ3v) is 1.95. The molecule has 0 aliphatic carbocycles. The van der Waals surface area contributed by atoms with Crippen LogP contribution in [0.2, 0.25) is 0 Å². The van der Waals surface area contributed by atoms with E-state index in [1.807, 2.05) is 0 Å². The van der Waals surface area contributed by atoms with Crippen molar-refractivity contribution in [2.24, 2.45) is 7.05 Å². The maximum Gasteiger partial charge on any atom is 0.511 e. The van der Waals surface area contributed by atoms with Crippen molar-refractivity contribution in [1.29, 1.82) is 0 Å². The smallest absolute Gasteiger partial charge is 0.445 e. The predicted octanol–water partition coefficient (Wildman–Crippen LogP) is 1.02. The highest BCUT2D eigenvalue weighted by atomic mass is 19.4. The summed E-state index contributed by atoms with van der Waals surface area (Å²) in [4.78, 5) is 7.51. The van der Waals surface area contributed by atoms with Gasteiger partial charge in [-0.1, -0.05) is 11.5 Å². The number of fused-ring (bicyclic) bond motifs is 1. The van der Waals surface area contributed by atoms with Crippen LogP contribution in [0.25, 0.3) is 11.2 Å². The average molecular weight is 200 g/mol. The Morgan fingerprint density at radius 1 is 1.29 bits per heavy atom. The molecule has 14 heavy (non-hydrogen) atoms. The van der Waals surface area contributed by atoms with Crippen LogP contribution in [0, 0.1) is 0 Å². The van der Waals surface area contributed by atoms with E-state index in [0.717, 1.165) is 12.3 Å². The van der Waals surface area contributed by atoms with Crippen molar-refractivity contribution in [2.75, 3.05) is 0 Å². The summed E-state index contributed by atoms with van der Waals surface area (Å²) in [5, 5.41) is 0. The number of hydrogen-bond donors (Lipinski definition) is 0. The van der Waals surface area contributed by atoms with Crippen LogP contribution in [-0.2, 0) is 7.05 Å². The third kappa shape index (κ3) is 1.34. The zero-order valence-electron chi connectivity index (χ0n) is 7.28. The van der Waals surface area contributed by atoms with E-state index < -0.39 is 12.4 Å². The van der Waals surface area contributed by atoms with Gasteiger partial charge in [0.05, 0.1) is 6.33 Å². The number of halogens is 3. The Morgan fingerprint density at radius 2 is 2.00 bits per heavy atom. The number of imidazole rings is 1. The van der Waals surface area contributed by atoms with E-state index >= 15 is 0 Å². The molecular formula is C7H6BF3N3-. The second-order valence-electron chi connectivity index (χ2n) is 3.04. The minimum Gasteiger partial charge on any atom is -0.445 e. The normalized spacial score (nSPS) is 12.3. The largest absolute Gasteiger partial charge is 0.511 e. The Kier molecular flexibility index (Phi) is 1.76. The van der Waals surface area contributed by atoms with Gasteiger partial charge in [-0.15, -0.1) is 0 Å². The van der Waals surface area contributed by atoms with Gasteiger partial charge in [-0.2, -0.15) is 0 Å². The van der Waals surface area contributed by atoms with Gasteiger partial charge in [0.2, 0.25) is 0 Å². The minimum atomic E-state index is -4.99. The van der Waals surface area contributed by atoms with Gasteiger partial charge in [-0.3, -0.25) is 0 Å². The Balaban J connectivity index is 2.63. The molecule has 0 aliphatic heterocycles. The molecule has 0 saturated heterocycles. The lowest BCUT2D eigenvalue weighted by molar-refractivity contribution is 0.501. The number of pyridine rings is 1. The highest BCUT2D eigenvalue weighted by Gasteiger charge is 2.26. The molecule has 0 aromatic carbocycles. The van der Waals surface area contributed by atoms with E-state index in [9.17, 15) is 12.9 Å². The maximum absolute atomic E-state index is 12.3. The van der Waals surface area contributed by atoms with E-state index in [2.05, 4.69) is 9.97 Å². The lowest BCUT2D eigenvalue weighted by atomic mass is 9.81. The first-order chi connectivity index (χ1) is 6.48. The van der Waals surface area contributed by atoms with E-state index in [1.165, 1.54) is 6.33 Å². The van der Waals surface area contributed by atoms with Crippen molar-refractivity contribution in [3.8, 4) is 0 Å². The van der Waals surface area contributed by atoms with Crippen LogP contribution in [0.5, 0.6) is 0 Å². The van der Waals surface area contributed by atoms with Gasteiger partial charge in [0.25, 0.3) is 0 Å². The van der Waals surface area contributed by atoms with Crippen LogP contribution < -0.4 is 5.46 Å². The molecule has 0 unspecified atom stereocenters. The van der Waals surface area contributed by atoms with Gasteiger partial charge in [-0.25, -0.2) is 9.97 Å². The number of aryl methyl sites for hydroxylation is 1. The van der Waals surface area contributed by atoms with Gasteiger partial charge in [0.1, 0.15) is 5.52 Å². The van der Waals surface area contributed by atoms with E-state index in [-0.39, 0.29) is 5.52 Å². The van der Waals surface area contributed by atoms with Crippen molar-refractivity contribution >= 4 is 23.6 Å². The molecule has 0 spiro atoms. The van der Waals surface area contributed by atoms with Crippen LogP contribution in [0.4, 0.5) is 12.9 Å². The topological polar surface area (TPSA) is 30.7 Å². The van der Waals surface area contributed by atoms with Crippen molar-refractivity contribution in [1.82, 2.24) is 14.5 Å². The van der Waals surface area contributed by atoms with Crippen molar-refractivity contribution < 1.29 is 12.9 Å². The number of nitrogens with zero attached hydrogens (tertiary/aromatic N) is 3. The standard InChI is InChI=1S/C7H6BF3N3/c1-14-4-13-6-2-5(8(9,10)11)3-12-7(6)14/h2-4H,1H3/q-1. The molecule has 2 rings (SSSR count). The van der Waals surface area contributed by atoms with Gasteiger partial charge in [-0.05, 0) is 0 Å². The minimum absolute atomic E-state index is 0.268. The van der Waals surface area contributed by atoms with E-state index in [1.54, 1.807) is 11.6 Å². The van der Waals surface area contributed by atoms with Gasteiger partial charge in [0.15, 0.2) is 5.65 Å². The first-order valence-electron chi connectivity index (χ1n) is 3.95. The molecule has 74 valence electrons. The zero-order chi connectivity index (χ0) is 10.3. The Morgan fingerprint density at radius 3 is 2.64 bits per heavy atom. The highest BCUT2D eigenvalue weighted by molar-refractivity contribution is 6.73.